The first-order chi connectivity index (χ1) is 9.91. The summed E-state index contributed by atoms with van der Waals surface area (Å²) in [5.74, 6) is -0.745. The van der Waals surface area contributed by atoms with Gasteiger partial charge in [-0.1, -0.05) is 20.3 Å². The summed E-state index contributed by atoms with van der Waals surface area (Å²) in [6, 6.07) is 0. The van der Waals surface area contributed by atoms with Crippen molar-refractivity contribution in [3.8, 4) is 0 Å². The van der Waals surface area contributed by atoms with Crippen LogP contribution >= 0.6 is 0 Å². The van der Waals surface area contributed by atoms with Crippen molar-refractivity contribution in [3.05, 3.63) is 12.2 Å². The Morgan fingerprint density at radius 3 is 2.29 bits per heavy atom. The fourth-order valence-corrected chi connectivity index (χ4v) is 1.86. The van der Waals surface area contributed by atoms with Gasteiger partial charge in [0.25, 0.3) is 11.8 Å². The molecule has 1 aliphatic rings. The maximum Gasteiger partial charge on any atom is 0.253 e. The number of hydrogen-bond donors (Lipinski definition) is 1. The quantitative estimate of drug-likeness (QED) is 0.504. The van der Waals surface area contributed by atoms with Gasteiger partial charge in [0.2, 0.25) is 5.91 Å². The number of hydrogen-bond acceptors (Lipinski definition) is 4. The van der Waals surface area contributed by atoms with E-state index < -0.39 is 0 Å². The first-order valence-corrected chi connectivity index (χ1v) is 7.24. The molecule has 0 saturated heterocycles. The Bertz CT molecular complexity index is 437. The van der Waals surface area contributed by atoms with E-state index in [1.165, 1.54) is 17.1 Å². The van der Waals surface area contributed by atoms with Crippen LogP contribution in [0.15, 0.2) is 12.2 Å². The molecule has 21 heavy (non-hydrogen) atoms. The summed E-state index contributed by atoms with van der Waals surface area (Å²) in [5, 5.41) is 2.59. The number of ketones is 1. The van der Waals surface area contributed by atoms with Gasteiger partial charge in [0, 0.05) is 31.0 Å². The predicted octanol–water partition coefficient (Wildman–Crippen LogP) is 0.813. The highest BCUT2D eigenvalue weighted by Crippen LogP contribution is 2.07. The van der Waals surface area contributed by atoms with E-state index in [1.54, 1.807) is 13.8 Å². The lowest BCUT2D eigenvalue weighted by Gasteiger charge is -2.13. The maximum absolute atomic E-state index is 11.5. The SMILES string of the molecule is CC(C)C(=O)CNC(=O)CCCCCN1C(=O)C=CC1=O. The van der Waals surface area contributed by atoms with Crippen molar-refractivity contribution in [1.29, 1.82) is 0 Å². The molecular formula is C15H22N2O4. The third kappa shape index (κ3) is 5.89. The highest BCUT2D eigenvalue weighted by molar-refractivity contribution is 6.12. The molecule has 0 radical (unpaired) electrons. The van der Waals surface area contributed by atoms with E-state index in [0.717, 1.165) is 6.42 Å². The molecule has 0 fully saturated rings. The highest BCUT2D eigenvalue weighted by Gasteiger charge is 2.22. The molecule has 1 rings (SSSR count). The van der Waals surface area contributed by atoms with Gasteiger partial charge in [0.1, 0.15) is 0 Å². The molecule has 0 aromatic carbocycles. The molecule has 0 aromatic heterocycles. The molecule has 0 atom stereocenters. The molecule has 6 nitrogen and oxygen atoms in total. The summed E-state index contributed by atoms with van der Waals surface area (Å²) in [6.45, 7) is 4.06. The monoisotopic (exact) mass is 294 g/mol. The number of imide groups is 1. The largest absolute Gasteiger partial charge is 0.349 e. The molecule has 1 N–H and O–H groups in total. The van der Waals surface area contributed by atoms with Crippen LogP contribution in [0.1, 0.15) is 39.5 Å². The van der Waals surface area contributed by atoms with Crippen molar-refractivity contribution < 1.29 is 19.2 Å². The van der Waals surface area contributed by atoms with E-state index in [2.05, 4.69) is 5.32 Å². The second kappa shape index (κ2) is 8.34. The van der Waals surface area contributed by atoms with Gasteiger partial charge in [-0.3, -0.25) is 24.1 Å². The Morgan fingerprint density at radius 2 is 1.71 bits per heavy atom. The van der Waals surface area contributed by atoms with E-state index in [4.69, 9.17) is 0 Å². The van der Waals surface area contributed by atoms with Gasteiger partial charge in [0.15, 0.2) is 5.78 Å². The van der Waals surface area contributed by atoms with Crippen LogP contribution in [0.2, 0.25) is 0 Å². The van der Waals surface area contributed by atoms with Gasteiger partial charge in [0.05, 0.1) is 6.54 Å². The molecule has 0 bridgehead atoms. The van der Waals surface area contributed by atoms with E-state index in [1.807, 2.05) is 0 Å². The molecule has 1 heterocycles. The molecule has 0 unspecified atom stereocenters. The van der Waals surface area contributed by atoms with Crippen molar-refractivity contribution in [1.82, 2.24) is 10.2 Å². The zero-order valence-electron chi connectivity index (χ0n) is 12.6. The number of unbranched alkanes of at least 4 members (excludes halogenated alkanes) is 2. The van der Waals surface area contributed by atoms with Gasteiger partial charge in [-0.25, -0.2) is 0 Å². The van der Waals surface area contributed by atoms with Crippen molar-refractivity contribution in [3.63, 3.8) is 0 Å². The number of amides is 3. The van der Waals surface area contributed by atoms with E-state index in [9.17, 15) is 19.2 Å². The van der Waals surface area contributed by atoms with Gasteiger partial charge in [-0.2, -0.15) is 0 Å². The van der Waals surface area contributed by atoms with Crippen LogP contribution in [0.4, 0.5) is 0 Å². The maximum atomic E-state index is 11.5. The smallest absolute Gasteiger partial charge is 0.253 e. The second-order valence-electron chi connectivity index (χ2n) is 5.37. The molecular weight excluding hydrogens is 272 g/mol. The second-order valence-corrected chi connectivity index (χ2v) is 5.37. The first-order valence-electron chi connectivity index (χ1n) is 7.24. The van der Waals surface area contributed by atoms with Crippen LogP contribution < -0.4 is 5.32 Å². The third-order valence-electron chi connectivity index (χ3n) is 3.29. The Morgan fingerprint density at radius 1 is 1.10 bits per heavy atom. The van der Waals surface area contributed by atoms with Gasteiger partial charge in [-0.15, -0.1) is 0 Å². The minimum Gasteiger partial charge on any atom is -0.349 e. The van der Waals surface area contributed by atoms with Crippen molar-refractivity contribution in [2.45, 2.75) is 39.5 Å². The summed E-state index contributed by atoms with van der Waals surface area (Å²) < 4.78 is 0. The highest BCUT2D eigenvalue weighted by atomic mass is 16.2. The molecule has 6 heteroatoms. The molecule has 3 amide bonds. The fourth-order valence-electron chi connectivity index (χ4n) is 1.86. The Kier molecular flexibility index (Phi) is 6.78. The summed E-state index contributed by atoms with van der Waals surface area (Å²) in [6.07, 6.45) is 4.99. The van der Waals surface area contributed by atoms with Crippen molar-refractivity contribution in [2.75, 3.05) is 13.1 Å². The number of Topliss-reactive ketones (excluding diaryl/α,β-unsaturated/α-hetero) is 1. The van der Waals surface area contributed by atoms with Crippen LogP contribution in [0.3, 0.4) is 0 Å². The minimum atomic E-state index is -0.273. The topological polar surface area (TPSA) is 83.6 Å². The van der Waals surface area contributed by atoms with Crippen molar-refractivity contribution in [2.24, 2.45) is 5.92 Å². The van der Waals surface area contributed by atoms with Gasteiger partial charge >= 0.3 is 0 Å². The summed E-state index contributed by atoms with van der Waals surface area (Å²) in [7, 11) is 0. The molecule has 116 valence electrons. The molecule has 0 aromatic rings. The van der Waals surface area contributed by atoms with Gasteiger partial charge < -0.3 is 5.32 Å². The number of carbonyl (C=O) groups excluding carboxylic acids is 4. The Labute approximate surface area is 124 Å². The average Bonchev–Trinajstić information content (AvgIpc) is 2.75. The Hall–Kier alpha value is -1.98. The zero-order chi connectivity index (χ0) is 15.8. The van der Waals surface area contributed by atoms with E-state index in [-0.39, 0.29) is 36.0 Å². The summed E-state index contributed by atoms with van der Waals surface area (Å²) >= 11 is 0. The lowest BCUT2D eigenvalue weighted by atomic mass is 10.1. The molecule has 0 aliphatic carbocycles. The number of nitrogens with one attached hydrogen (secondary N) is 1. The standard InChI is InChI=1S/C15H22N2O4/c1-11(2)12(18)10-16-13(19)6-4-3-5-9-17-14(20)7-8-15(17)21/h7-8,11H,3-6,9-10H2,1-2H3,(H,16,19). The zero-order valence-corrected chi connectivity index (χ0v) is 12.6. The summed E-state index contributed by atoms with van der Waals surface area (Å²) in [5.41, 5.74) is 0. The van der Waals surface area contributed by atoms with Crippen molar-refractivity contribution >= 4 is 23.5 Å². The Balaban J connectivity index is 2.06. The molecule has 1 aliphatic heterocycles. The lowest BCUT2D eigenvalue weighted by Crippen LogP contribution is -2.31. The van der Waals surface area contributed by atoms with E-state index in [0.29, 0.717) is 25.8 Å². The van der Waals surface area contributed by atoms with E-state index >= 15 is 0 Å². The fraction of sp³-hybridized carbons (Fsp3) is 0.600. The minimum absolute atomic E-state index is 0.0157. The van der Waals surface area contributed by atoms with Crippen LogP contribution in [0.25, 0.3) is 0 Å². The number of rotatable bonds is 9. The number of nitrogens with zero attached hydrogens (tertiary/aromatic N) is 1. The summed E-state index contributed by atoms with van der Waals surface area (Å²) in [4.78, 5) is 46.6. The molecule has 0 spiro atoms. The lowest BCUT2D eigenvalue weighted by molar-refractivity contribution is -0.137. The first kappa shape index (κ1) is 17.1. The van der Waals surface area contributed by atoms with Crippen LogP contribution in [-0.2, 0) is 19.2 Å². The predicted molar refractivity (Wildman–Crippen MR) is 77.2 cm³/mol. The average molecular weight is 294 g/mol. The van der Waals surface area contributed by atoms with Gasteiger partial charge in [-0.05, 0) is 12.8 Å². The van der Waals surface area contributed by atoms with Crippen LogP contribution in [-0.4, -0.2) is 41.5 Å². The third-order valence-corrected chi connectivity index (χ3v) is 3.29. The number of carbonyl (C=O) groups is 4. The van der Waals surface area contributed by atoms with Crippen LogP contribution in [0, 0.1) is 5.92 Å². The van der Waals surface area contributed by atoms with Crippen LogP contribution in [0.5, 0.6) is 0 Å². The molecule has 0 saturated carbocycles. The normalized spacial score (nSPS) is 14.1.